The van der Waals surface area contributed by atoms with E-state index in [1.807, 2.05) is 0 Å². The molecule has 0 atom stereocenters. The number of nitrogens with zero attached hydrogens (tertiary/aromatic N) is 5. The Labute approximate surface area is 135 Å². The maximum absolute atomic E-state index is 9.66. The number of anilines is 2. The van der Waals surface area contributed by atoms with Crippen LogP contribution in [0.15, 0.2) is 6.33 Å². The van der Waals surface area contributed by atoms with Crippen LogP contribution >= 0.6 is 0 Å². The Hall–Kier alpha value is -1.91. The number of hydrogen-bond donors (Lipinski definition) is 0. The van der Waals surface area contributed by atoms with Crippen molar-refractivity contribution < 1.29 is 9.47 Å². The fourth-order valence-electron chi connectivity index (χ4n) is 3.72. The standard InChI is InChI=1S/C16H21N5O2/c17-11-13-14(20-5-1-2-6-20)18-12-19-15(13)21-7-3-16(4-8-21)22-9-10-23-16/h12H,1-10H2. The quantitative estimate of drug-likeness (QED) is 0.814. The second kappa shape index (κ2) is 5.95. The molecule has 0 amide bonds. The van der Waals surface area contributed by atoms with Crippen molar-refractivity contribution in [2.45, 2.75) is 31.5 Å². The van der Waals surface area contributed by atoms with Crippen LogP contribution in [0.1, 0.15) is 31.2 Å². The third-order valence-corrected chi connectivity index (χ3v) is 4.96. The number of ether oxygens (including phenoxy) is 2. The van der Waals surface area contributed by atoms with E-state index in [1.165, 1.54) is 0 Å². The van der Waals surface area contributed by atoms with Crippen LogP contribution in [-0.4, -0.2) is 55.1 Å². The zero-order valence-corrected chi connectivity index (χ0v) is 13.2. The monoisotopic (exact) mass is 315 g/mol. The van der Waals surface area contributed by atoms with Crippen LogP contribution in [-0.2, 0) is 9.47 Å². The zero-order chi connectivity index (χ0) is 15.7. The van der Waals surface area contributed by atoms with Crippen LogP contribution in [0.4, 0.5) is 11.6 Å². The summed E-state index contributed by atoms with van der Waals surface area (Å²) in [5.74, 6) is 1.12. The third-order valence-electron chi connectivity index (χ3n) is 4.96. The number of aromatic nitrogens is 2. The average molecular weight is 315 g/mol. The zero-order valence-electron chi connectivity index (χ0n) is 13.2. The van der Waals surface area contributed by atoms with Gasteiger partial charge in [0.15, 0.2) is 17.4 Å². The highest BCUT2D eigenvalue weighted by Gasteiger charge is 2.40. The van der Waals surface area contributed by atoms with Crippen molar-refractivity contribution in [3.8, 4) is 6.07 Å². The Kier molecular flexibility index (Phi) is 3.79. The summed E-state index contributed by atoms with van der Waals surface area (Å²) in [6.45, 7) is 4.86. The van der Waals surface area contributed by atoms with Gasteiger partial charge in [-0.05, 0) is 12.8 Å². The molecule has 0 radical (unpaired) electrons. The number of hydrogen-bond acceptors (Lipinski definition) is 7. The molecular weight excluding hydrogens is 294 g/mol. The lowest BCUT2D eigenvalue weighted by molar-refractivity contribution is -0.169. The molecule has 3 saturated heterocycles. The van der Waals surface area contributed by atoms with E-state index in [9.17, 15) is 5.26 Å². The van der Waals surface area contributed by atoms with Crippen molar-refractivity contribution in [1.82, 2.24) is 9.97 Å². The smallest absolute Gasteiger partial charge is 0.171 e. The molecule has 3 aliphatic rings. The molecule has 0 N–H and O–H groups in total. The minimum Gasteiger partial charge on any atom is -0.355 e. The van der Waals surface area contributed by atoms with Crippen LogP contribution in [0.25, 0.3) is 0 Å². The van der Waals surface area contributed by atoms with Crippen LogP contribution < -0.4 is 9.80 Å². The van der Waals surface area contributed by atoms with Crippen LogP contribution in [0.2, 0.25) is 0 Å². The van der Waals surface area contributed by atoms with Crippen LogP contribution in [0, 0.1) is 11.3 Å². The molecule has 3 fully saturated rings. The van der Waals surface area contributed by atoms with E-state index in [-0.39, 0.29) is 0 Å². The first kappa shape index (κ1) is 14.7. The van der Waals surface area contributed by atoms with E-state index in [4.69, 9.17) is 9.47 Å². The molecule has 7 nitrogen and oxygen atoms in total. The molecule has 0 aliphatic carbocycles. The predicted molar refractivity (Wildman–Crippen MR) is 84.3 cm³/mol. The normalized spacial score (nSPS) is 23.4. The third kappa shape index (κ3) is 2.62. The Morgan fingerprint density at radius 3 is 2.09 bits per heavy atom. The van der Waals surface area contributed by atoms with E-state index >= 15 is 0 Å². The summed E-state index contributed by atoms with van der Waals surface area (Å²) in [6.07, 6.45) is 5.51. The van der Waals surface area contributed by atoms with Gasteiger partial charge in [0, 0.05) is 39.0 Å². The minimum atomic E-state index is -0.409. The molecule has 3 aliphatic heterocycles. The topological polar surface area (TPSA) is 74.5 Å². The molecule has 23 heavy (non-hydrogen) atoms. The fourth-order valence-corrected chi connectivity index (χ4v) is 3.72. The molecule has 7 heteroatoms. The summed E-state index contributed by atoms with van der Waals surface area (Å²) in [6, 6.07) is 2.33. The second-order valence-corrected chi connectivity index (χ2v) is 6.30. The lowest BCUT2D eigenvalue weighted by Gasteiger charge is -2.38. The van der Waals surface area contributed by atoms with Gasteiger partial charge in [-0.25, -0.2) is 9.97 Å². The maximum Gasteiger partial charge on any atom is 0.171 e. The molecule has 0 aromatic carbocycles. The molecule has 0 bridgehead atoms. The summed E-state index contributed by atoms with van der Waals surface area (Å²) < 4.78 is 11.5. The van der Waals surface area contributed by atoms with Crippen molar-refractivity contribution >= 4 is 11.6 Å². The minimum absolute atomic E-state index is 0.409. The molecular formula is C16H21N5O2. The van der Waals surface area contributed by atoms with Gasteiger partial charge in [-0.3, -0.25) is 0 Å². The van der Waals surface area contributed by atoms with Gasteiger partial charge >= 0.3 is 0 Å². The largest absolute Gasteiger partial charge is 0.355 e. The highest BCUT2D eigenvalue weighted by molar-refractivity contribution is 5.66. The molecule has 1 aromatic heterocycles. The van der Waals surface area contributed by atoms with Gasteiger partial charge in [0.25, 0.3) is 0 Å². The van der Waals surface area contributed by atoms with Gasteiger partial charge < -0.3 is 19.3 Å². The van der Waals surface area contributed by atoms with Gasteiger partial charge in [0.1, 0.15) is 18.0 Å². The van der Waals surface area contributed by atoms with Crippen LogP contribution in [0.3, 0.4) is 0 Å². The molecule has 1 spiro atoms. The number of rotatable bonds is 2. The van der Waals surface area contributed by atoms with Gasteiger partial charge in [-0.15, -0.1) is 0 Å². The lowest BCUT2D eigenvalue weighted by atomic mass is 10.0. The van der Waals surface area contributed by atoms with Crippen molar-refractivity contribution in [2.24, 2.45) is 0 Å². The van der Waals surface area contributed by atoms with E-state index in [0.717, 1.165) is 63.5 Å². The first-order valence-corrected chi connectivity index (χ1v) is 8.34. The van der Waals surface area contributed by atoms with E-state index in [2.05, 4.69) is 25.8 Å². The summed E-state index contributed by atoms with van der Waals surface area (Å²) >= 11 is 0. The number of piperidine rings is 1. The predicted octanol–water partition coefficient (Wildman–Crippen LogP) is 1.29. The lowest BCUT2D eigenvalue weighted by Crippen LogP contribution is -2.45. The second-order valence-electron chi connectivity index (χ2n) is 6.30. The fraction of sp³-hybridized carbons (Fsp3) is 0.688. The van der Waals surface area contributed by atoms with Gasteiger partial charge in [0.2, 0.25) is 0 Å². The van der Waals surface area contributed by atoms with Gasteiger partial charge in [-0.1, -0.05) is 0 Å². The summed E-state index contributed by atoms with van der Waals surface area (Å²) in [4.78, 5) is 13.1. The first-order chi connectivity index (χ1) is 11.3. The summed E-state index contributed by atoms with van der Waals surface area (Å²) in [7, 11) is 0. The molecule has 0 unspecified atom stereocenters. The summed E-state index contributed by atoms with van der Waals surface area (Å²) in [5.41, 5.74) is 0.596. The van der Waals surface area contributed by atoms with E-state index < -0.39 is 5.79 Å². The van der Waals surface area contributed by atoms with Crippen molar-refractivity contribution in [1.29, 1.82) is 5.26 Å². The summed E-state index contributed by atoms with van der Waals surface area (Å²) in [5, 5.41) is 9.66. The van der Waals surface area contributed by atoms with Gasteiger partial charge in [0.05, 0.1) is 13.2 Å². The molecule has 122 valence electrons. The van der Waals surface area contributed by atoms with Gasteiger partial charge in [-0.2, -0.15) is 5.26 Å². The molecule has 1 aromatic rings. The van der Waals surface area contributed by atoms with Crippen molar-refractivity contribution in [3.05, 3.63) is 11.9 Å². The Morgan fingerprint density at radius 1 is 0.957 bits per heavy atom. The highest BCUT2D eigenvalue weighted by atomic mass is 16.7. The molecule has 0 saturated carbocycles. The van der Waals surface area contributed by atoms with Crippen molar-refractivity contribution in [3.63, 3.8) is 0 Å². The van der Waals surface area contributed by atoms with Crippen molar-refractivity contribution in [2.75, 3.05) is 49.2 Å². The van der Waals surface area contributed by atoms with E-state index in [0.29, 0.717) is 18.8 Å². The SMILES string of the molecule is N#Cc1c(N2CCCC2)ncnc1N1CCC2(CC1)OCCO2. The Balaban J connectivity index is 1.57. The molecule has 4 rings (SSSR count). The molecule has 4 heterocycles. The number of nitriles is 1. The highest BCUT2D eigenvalue weighted by Crippen LogP contribution is 2.35. The van der Waals surface area contributed by atoms with Crippen LogP contribution in [0.5, 0.6) is 0 Å². The Bertz CT molecular complexity index is 607. The first-order valence-electron chi connectivity index (χ1n) is 8.34. The maximum atomic E-state index is 9.66. The Morgan fingerprint density at radius 2 is 1.52 bits per heavy atom. The van der Waals surface area contributed by atoms with E-state index in [1.54, 1.807) is 6.33 Å². The average Bonchev–Trinajstić information content (AvgIpc) is 3.27.